The molecule has 8 nitrogen and oxygen atoms in total. The van der Waals surface area contributed by atoms with Crippen molar-refractivity contribution in [2.75, 3.05) is 19.7 Å². The number of aliphatic hydroxyl groups excluding tert-OH is 1. The highest BCUT2D eigenvalue weighted by Gasteiger charge is 2.29. The van der Waals surface area contributed by atoms with Gasteiger partial charge in [-0.15, -0.1) is 0 Å². The molecule has 2 atom stereocenters. The van der Waals surface area contributed by atoms with Crippen molar-refractivity contribution in [2.45, 2.75) is 25.9 Å². The number of carbonyl (C=O) groups is 3. The van der Waals surface area contributed by atoms with Crippen LogP contribution in [0.1, 0.15) is 30.9 Å². The molecule has 0 saturated carbocycles. The summed E-state index contributed by atoms with van der Waals surface area (Å²) in [4.78, 5) is 35.4. The van der Waals surface area contributed by atoms with Crippen molar-refractivity contribution in [1.29, 1.82) is 0 Å². The van der Waals surface area contributed by atoms with Gasteiger partial charge in [-0.25, -0.2) is 9.59 Å². The van der Waals surface area contributed by atoms with E-state index in [0.717, 1.165) is 22.3 Å². The van der Waals surface area contributed by atoms with E-state index in [0.29, 0.717) is 0 Å². The number of aliphatic hydroxyl groups is 1. The first kappa shape index (κ1) is 23.3. The molecule has 1 unspecified atom stereocenters. The molecule has 0 fully saturated rings. The number of benzene rings is 2. The number of carboxylic acid groups (broad SMARTS) is 1. The van der Waals surface area contributed by atoms with Gasteiger partial charge in [-0.2, -0.15) is 0 Å². The van der Waals surface area contributed by atoms with Gasteiger partial charge >= 0.3 is 12.1 Å². The lowest BCUT2D eigenvalue weighted by Crippen LogP contribution is -2.44. The highest BCUT2D eigenvalue weighted by atomic mass is 16.5. The van der Waals surface area contributed by atoms with Crippen LogP contribution in [-0.2, 0) is 14.3 Å². The number of aliphatic carboxylic acids is 1. The zero-order valence-corrected chi connectivity index (χ0v) is 18.1. The Morgan fingerprint density at radius 3 is 2.03 bits per heavy atom. The summed E-state index contributed by atoms with van der Waals surface area (Å²) in [5, 5.41) is 23.1. The standard InChI is InChI=1S/C24H28N2O6/c1-14(2)19(22(28)25-12-21(27)23(29)30)11-26-24(31)32-13-20-17-9-5-3-7-15(17)16-8-4-6-10-18(16)20/h3-10,14,19-21,27H,11-13H2,1-2H3,(H,25,28)(H,26,31)(H,29,30)/t19?,21-/m0/s1. The number of carboxylic acids is 1. The van der Waals surface area contributed by atoms with Gasteiger partial charge in [0.1, 0.15) is 6.61 Å². The average molecular weight is 440 g/mol. The molecule has 1 aliphatic rings. The van der Waals surface area contributed by atoms with Crippen LogP contribution in [0.15, 0.2) is 48.5 Å². The van der Waals surface area contributed by atoms with Crippen molar-refractivity contribution in [1.82, 2.24) is 10.6 Å². The Kier molecular flexibility index (Phi) is 7.48. The number of nitrogens with one attached hydrogen (secondary N) is 2. The summed E-state index contributed by atoms with van der Waals surface area (Å²) >= 11 is 0. The summed E-state index contributed by atoms with van der Waals surface area (Å²) in [6.45, 7) is 3.43. The zero-order chi connectivity index (χ0) is 23.3. The smallest absolute Gasteiger partial charge is 0.407 e. The van der Waals surface area contributed by atoms with Gasteiger partial charge in [-0.1, -0.05) is 62.4 Å². The molecular formula is C24H28N2O6. The van der Waals surface area contributed by atoms with Crippen molar-refractivity contribution in [3.63, 3.8) is 0 Å². The van der Waals surface area contributed by atoms with Crippen LogP contribution < -0.4 is 10.6 Å². The topological polar surface area (TPSA) is 125 Å². The van der Waals surface area contributed by atoms with Crippen molar-refractivity contribution >= 4 is 18.0 Å². The monoisotopic (exact) mass is 440 g/mol. The molecule has 3 rings (SSSR count). The molecule has 8 heteroatoms. The lowest BCUT2D eigenvalue weighted by Gasteiger charge is -2.21. The number of fused-ring (bicyclic) bond motifs is 3. The van der Waals surface area contributed by atoms with Crippen molar-refractivity contribution < 1.29 is 29.3 Å². The predicted octanol–water partition coefficient (Wildman–Crippen LogP) is 2.36. The van der Waals surface area contributed by atoms with E-state index in [-0.39, 0.29) is 25.0 Å². The van der Waals surface area contributed by atoms with Crippen LogP contribution in [0.4, 0.5) is 4.79 Å². The number of carbonyl (C=O) groups excluding carboxylic acids is 2. The molecule has 2 aromatic carbocycles. The number of hydrogen-bond donors (Lipinski definition) is 4. The van der Waals surface area contributed by atoms with Gasteiger partial charge < -0.3 is 25.6 Å². The van der Waals surface area contributed by atoms with E-state index in [2.05, 4.69) is 22.8 Å². The number of amides is 2. The second-order valence-electron chi connectivity index (χ2n) is 8.16. The molecule has 0 aliphatic heterocycles. The second kappa shape index (κ2) is 10.3. The molecule has 0 aromatic heterocycles. The van der Waals surface area contributed by atoms with E-state index < -0.39 is 36.5 Å². The molecule has 0 radical (unpaired) electrons. The third kappa shape index (κ3) is 5.26. The van der Waals surface area contributed by atoms with Crippen molar-refractivity contribution in [3.8, 4) is 11.1 Å². The van der Waals surface area contributed by atoms with Gasteiger partial charge in [0.05, 0.1) is 12.5 Å². The molecule has 0 bridgehead atoms. The summed E-state index contributed by atoms with van der Waals surface area (Å²) < 4.78 is 5.48. The van der Waals surface area contributed by atoms with Gasteiger partial charge in [-0.3, -0.25) is 4.79 Å². The summed E-state index contributed by atoms with van der Waals surface area (Å²) in [5.74, 6) is -2.64. The fourth-order valence-electron chi connectivity index (χ4n) is 3.89. The first-order valence-corrected chi connectivity index (χ1v) is 10.6. The number of rotatable bonds is 9. The maximum Gasteiger partial charge on any atom is 0.407 e. The lowest BCUT2D eigenvalue weighted by atomic mass is 9.95. The fourth-order valence-corrected chi connectivity index (χ4v) is 3.89. The van der Waals surface area contributed by atoms with Crippen molar-refractivity contribution in [3.05, 3.63) is 59.7 Å². The van der Waals surface area contributed by atoms with E-state index in [1.807, 2.05) is 50.2 Å². The van der Waals surface area contributed by atoms with Crippen LogP contribution in [0.3, 0.4) is 0 Å². The molecule has 2 amide bonds. The van der Waals surface area contributed by atoms with E-state index in [1.165, 1.54) is 0 Å². The minimum Gasteiger partial charge on any atom is -0.479 e. The molecule has 1 aliphatic carbocycles. The second-order valence-corrected chi connectivity index (χ2v) is 8.16. The van der Waals surface area contributed by atoms with E-state index in [9.17, 15) is 19.5 Å². The number of ether oxygens (including phenoxy) is 1. The van der Waals surface area contributed by atoms with Crippen LogP contribution >= 0.6 is 0 Å². The summed E-state index contributed by atoms with van der Waals surface area (Å²) in [7, 11) is 0. The molecule has 0 heterocycles. The molecule has 2 aromatic rings. The maximum absolute atomic E-state index is 12.4. The lowest BCUT2D eigenvalue weighted by molar-refractivity contribution is -0.146. The van der Waals surface area contributed by atoms with E-state index >= 15 is 0 Å². The predicted molar refractivity (Wildman–Crippen MR) is 118 cm³/mol. The molecular weight excluding hydrogens is 412 g/mol. The van der Waals surface area contributed by atoms with Crippen LogP contribution in [0, 0.1) is 11.8 Å². The quantitative estimate of drug-likeness (QED) is 0.474. The Labute approximate surface area is 186 Å². The molecule has 32 heavy (non-hydrogen) atoms. The van der Waals surface area contributed by atoms with E-state index in [1.54, 1.807) is 0 Å². The van der Waals surface area contributed by atoms with Gasteiger partial charge in [0.25, 0.3) is 0 Å². The summed E-state index contributed by atoms with van der Waals surface area (Å²) in [5.41, 5.74) is 4.49. The van der Waals surface area contributed by atoms with Gasteiger partial charge in [0, 0.05) is 12.5 Å². The Morgan fingerprint density at radius 2 is 1.50 bits per heavy atom. The first-order chi connectivity index (χ1) is 15.3. The first-order valence-electron chi connectivity index (χ1n) is 10.6. The number of alkyl carbamates (subject to hydrolysis) is 1. The van der Waals surface area contributed by atoms with E-state index in [4.69, 9.17) is 9.84 Å². The highest BCUT2D eigenvalue weighted by Crippen LogP contribution is 2.44. The minimum absolute atomic E-state index is 0.0311. The van der Waals surface area contributed by atoms with Crippen LogP contribution in [-0.4, -0.2) is 54.0 Å². The maximum atomic E-state index is 12.4. The molecule has 170 valence electrons. The minimum atomic E-state index is -1.68. The third-order valence-corrected chi connectivity index (χ3v) is 5.71. The zero-order valence-electron chi connectivity index (χ0n) is 18.1. The summed E-state index contributed by atoms with van der Waals surface area (Å²) in [6.07, 6.45) is -2.31. The molecule has 0 saturated heterocycles. The number of hydrogen-bond acceptors (Lipinski definition) is 5. The normalized spacial score (nSPS) is 14.2. The third-order valence-electron chi connectivity index (χ3n) is 5.71. The Hall–Kier alpha value is -3.39. The van der Waals surface area contributed by atoms with Gasteiger partial charge in [0.15, 0.2) is 6.10 Å². The van der Waals surface area contributed by atoms with Crippen LogP contribution in [0.25, 0.3) is 11.1 Å². The largest absolute Gasteiger partial charge is 0.479 e. The average Bonchev–Trinajstić information content (AvgIpc) is 3.09. The fraction of sp³-hybridized carbons (Fsp3) is 0.375. The van der Waals surface area contributed by atoms with Crippen molar-refractivity contribution in [2.24, 2.45) is 11.8 Å². The van der Waals surface area contributed by atoms with Crippen LogP contribution in [0.5, 0.6) is 0 Å². The highest BCUT2D eigenvalue weighted by molar-refractivity contribution is 5.81. The van der Waals surface area contributed by atoms with Crippen LogP contribution in [0.2, 0.25) is 0 Å². The Bertz CT molecular complexity index is 944. The Balaban J connectivity index is 1.55. The van der Waals surface area contributed by atoms with Gasteiger partial charge in [-0.05, 0) is 28.2 Å². The van der Waals surface area contributed by atoms with Gasteiger partial charge in [0.2, 0.25) is 5.91 Å². The Morgan fingerprint density at radius 1 is 0.938 bits per heavy atom. The summed E-state index contributed by atoms with van der Waals surface area (Å²) in [6, 6.07) is 16.1. The molecule has 0 spiro atoms. The molecule has 4 N–H and O–H groups in total. The SMILES string of the molecule is CC(C)C(CNC(=O)OCC1c2ccccc2-c2ccccc21)C(=O)NC[C@H](O)C(=O)O.